The first-order chi connectivity index (χ1) is 10.7. The van der Waals surface area contributed by atoms with E-state index < -0.39 is 0 Å². The lowest BCUT2D eigenvalue weighted by Crippen LogP contribution is -2.18. The van der Waals surface area contributed by atoms with Crippen molar-refractivity contribution in [1.82, 2.24) is 19.6 Å². The molecular weight excluding hydrogens is 334 g/mol. The molecule has 0 unspecified atom stereocenters. The Morgan fingerprint density at radius 3 is 2.83 bits per heavy atom. The summed E-state index contributed by atoms with van der Waals surface area (Å²) in [7, 11) is 0. The van der Waals surface area contributed by atoms with Crippen LogP contribution in [0.4, 0.5) is 5.82 Å². The molecule has 122 valence electrons. The van der Waals surface area contributed by atoms with Gasteiger partial charge < -0.3 is 5.32 Å². The summed E-state index contributed by atoms with van der Waals surface area (Å²) in [6.45, 7) is 4.24. The summed E-state index contributed by atoms with van der Waals surface area (Å²) < 4.78 is 1.78. The molecule has 0 amide bonds. The first-order valence-corrected chi connectivity index (χ1v) is 8.15. The van der Waals surface area contributed by atoms with Crippen LogP contribution in [-0.4, -0.2) is 31.9 Å². The highest BCUT2D eigenvalue weighted by molar-refractivity contribution is 7.16. The SMILES string of the molecule is CCC(CC)Nc1cc(C=O)nc(-c2cnn3ccsc23)n1.Cl. The fraction of sp³-hybridized carbons (Fsp3) is 0.333. The van der Waals surface area contributed by atoms with Crippen LogP contribution in [-0.2, 0) is 0 Å². The van der Waals surface area contributed by atoms with Gasteiger partial charge in [0.2, 0.25) is 0 Å². The molecule has 6 nitrogen and oxygen atoms in total. The predicted octanol–water partition coefficient (Wildman–Crippen LogP) is 3.69. The number of carbonyl (C=O) groups is 1. The second-order valence-corrected chi connectivity index (χ2v) is 5.88. The van der Waals surface area contributed by atoms with E-state index in [9.17, 15) is 4.79 Å². The number of anilines is 1. The van der Waals surface area contributed by atoms with Crippen LogP contribution in [0.2, 0.25) is 0 Å². The number of hydrogen-bond donors (Lipinski definition) is 1. The van der Waals surface area contributed by atoms with Crippen LogP contribution in [0.1, 0.15) is 37.2 Å². The van der Waals surface area contributed by atoms with Gasteiger partial charge in [0.05, 0.1) is 11.8 Å². The minimum atomic E-state index is 0. The molecule has 0 atom stereocenters. The van der Waals surface area contributed by atoms with Crippen LogP contribution in [0.25, 0.3) is 16.2 Å². The van der Waals surface area contributed by atoms with E-state index >= 15 is 0 Å². The molecule has 0 aliphatic rings. The number of carbonyl (C=O) groups excluding carboxylic acids is 1. The molecule has 23 heavy (non-hydrogen) atoms. The molecule has 0 spiro atoms. The number of nitrogens with one attached hydrogen (secondary N) is 1. The number of nitrogens with zero attached hydrogens (tertiary/aromatic N) is 4. The largest absolute Gasteiger partial charge is 0.367 e. The van der Waals surface area contributed by atoms with Crippen LogP contribution >= 0.6 is 23.7 Å². The zero-order chi connectivity index (χ0) is 15.5. The van der Waals surface area contributed by atoms with Gasteiger partial charge in [-0.25, -0.2) is 14.5 Å². The van der Waals surface area contributed by atoms with Crippen LogP contribution in [0.5, 0.6) is 0 Å². The Hall–Kier alpha value is -1.99. The third-order valence-electron chi connectivity index (χ3n) is 3.58. The molecule has 3 aromatic heterocycles. The van der Waals surface area contributed by atoms with Gasteiger partial charge in [0, 0.05) is 23.7 Å². The van der Waals surface area contributed by atoms with Crippen molar-refractivity contribution >= 4 is 40.7 Å². The lowest BCUT2D eigenvalue weighted by atomic mass is 10.2. The number of rotatable bonds is 6. The maximum atomic E-state index is 11.2. The Kier molecular flexibility index (Phi) is 5.68. The minimum Gasteiger partial charge on any atom is -0.367 e. The first-order valence-electron chi connectivity index (χ1n) is 7.27. The quantitative estimate of drug-likeness (QED) is 0.686. The van der Waals surface area contributed by atoms with E-state index in [2.05, 4.69) is 34.2 Å². The molecule has 3 aromatic rings. The van der Waals surface area contributed by atoms with E-state index in [1.807, 2.05) is 11.6 Å². The molecule has 0 saturated carbocycles. The Labute approximate surface area is 144 Å². The Morgan fingerprint density at radius 1 is 1.35 bits per heavy atom. The highest BCUT2D eigenvalue weighted by Crippen LogP contribution is 2.26. The average molecular weight is 352 g/mol. The average Bonchev–Trinajstić information content (AvgIpc) is 3.15. The molecule has 8 heteroatoms. The summed E-state index contributed by atoms with van der Waals surface area (Å²) in [6.07, 6.45) is 6.36. The molecule has 0 radical (unpaired) electrons. The van der Waals surface area contributed by atoms with Crippen LogP contribution < -0.4 is 5.32 Å². The second kappa shape index (κ2) is 7.52. The van der Waals surface area contributed by atoms with Gasteiger partial charge in [0.1, 0.15) is 16.3 Å². The normalized spacial score (nSPS) is 10.7. The molecule has 0 aromatic carbocycles. The number of fused-ring (bicyclic) bond motifs is 1. The van der Waals surface area contributed by atoms with Crippen LogP contribution in [0.15, 0.2) is 23.8 Å². The summed E-state index contributed by atoms with van der Waals surface area (Å²) >= 11 is 1.57. The fourth-order valence-corrected chi connectivity index (χ4v) is 3.10. The smallest absolute Gasteiger partial charge is 0.168 e. The van der Waals surface area contributed by atoms with Crippen molar-refractivity contribution in [2.24, 2.45) is 0 Å². The van der Waals surface area contributed by atoms with E-state index in [4.69, 9.17) is 0 Å². The third-order valence-corrected chi connectivity index (χ3v) is 4.46. The highest BCUT2D eigenvalue weighted by atomic mass is 35.5. The van der Waals surface area contributed by atoms with Gasteiger partial charge in [0.15, 0.2) is 12.1 Å². The number of aldehydes is 1. The van der Waals surface area contributed by atoms with Crippen molar-refractivity contribution in [3.8, 4) is 11.4 Å². The number of thiazole rings is 1. The molecule has 0 bridgehead atoms. The molecule has 0 aliphatic heterocycles. The van der Waals surface area contributed by atoms with E-state index in [0.29, 0.717) is 23.4 Å². The Morgan fingerprint density at radius 2 is 2.13 bits per heavy atom. The topological polar surface area (TPSA) is 72.2 Å². The maximum Gasteiger partial charge on any atom is 0.168 e. The Balaban J connectivity index is 0.00000192. The number of halogens is 1. The van der Waals surface area contributed by atoms with Gasteiger partial charge in [-0.2, -0.15) is 5.10 Å². The summed E-state index contributed by atoms with van der Waals surface area (Å²) in [5, 5.41) is 9.59. The van der Waals surface area contributed by atoms with Gasteiger partial charge in [-0.05, 0) is 12.8 Å². The molecule has 1 N–H and O–H groups in total. The van der Waals surface area contributed by atoms with Crippen molar-refractivity contribution in [3.63, 3.8) is 0 Å². The summed E-state index contributed by atoms with van der Waals surface area (Å²) in [5.41, 5.74) is 1.21. The molecule has 0 saturated heterocycles. The Bertz CT molecular complexity index is 796. The van der Waals surface area contributed by atoms with Crippen molar-refractivity contribution in [2.75, 3.05) is 5.32 Å². The van der Waals surface area contributed by atoms with Gasteiger partial charge in [0.25, 0.3) is 0 Å². The van der Waals surface area contributed by atoms with Gasteiger partial charge >= 0.3 is 0 Å². The van der Waals surface area contributed by atoms with Crippen molar-refractivity contribution in [1.29, 1.82) is 0 Å². The summed E-state index contributed by atoms with van der Waals surface area (Å²) in [5.74, 6) is 1.20. The van der Waals surface area contributed by atoms with Crippen molar-refractivity contribution < 1.29 is 4.79 Å². The summed E-state index contributed by atoms with van der Waals surface area (Å²) in [4.78, 5) is 21.0. The first kappa shape index (κ1) is 17.4. The molecular formula is C15H18ClN5OS. The van der Waals surface area contributed by atoms with Crippen molar-refractivity contribution in [3.05, 3.63) is 29.5 Å². The molecule has 0 aliphatic carbocycles. The third kappa shape index (κ3) is 3.51. The van der Waals surface area contributed by atoms with E-state index in [1.54, 1.807) is 28.1 Å². The van der Waals surface area contributed by atoms with E-state index in [0.717, 1.165) is 29.5 Å². The number of hydrogen-bond acceptors (Lipinski definition) is 6. The lowest BCUT2D eigenvalue weighted by molar-refractivity contribution is 0.111. The second-order valence-electron chi connectivity index (χ2n) is 4.99. The van der Waals surface area contributed by atoms with Gasteiger partial charge in [-0.1, -0.05) is 13.8 Å². The van der Waals surface area contributed by atoms with E-state index in [-0.39, 0.29) is 12.4 Å². The highest BCUT2D eigenvalue weighted by Gasteiger charge is 2.14. The number of aromatic nitrogens is 4. The fourth-order valence-electron chi connectivity index (χ4n) is 2.30. The lowest BCUT2D eigenvalue weighted by Gasteiger charge is -2.15. The van der Waals surface area contributed by atoms with Crippen molar-refractivity contribution in [2.45, 2.75) is 32.7 Å². The molecule has 3 heterocycles. The van der Waals surface area contributed by atoms with Crippen LogP contribution in [0, 0.1) is 0 Å². The van der Waals surface area contributed by atoms with Gasteiger partial charge in [-0.15, -0.1) is 23.7 Å². The predicted molar refractivity (Wildman–Crippen MR) is 94.7 cm³/mol. The molecule has 0 fully saturated rings. The minimum absolute atomic E-state index is 0. The van der Waals surface area contributed by atoms with E-state index in [1.165, 1.54) is 0 Å². The standard InChI is InChI=1S/C15H17N5OS.ClH/c1-3-10(4-2)17-13-7-11(9-21)18-14(19-13)12-8-16-20-5-6-22-15(12)20;/h5-10H,3-4H2,1-2H3,(H,17,18,19);1H. The zero-order valence-corrected chi connectivity index (χ0v) is 14.5. The summed E-state index contributed by atoms with van der Waals surface area (Å²) in [6, 6.07) is 2.01. The maximum absolute atomic E-state index is 11.2. The van der Waals surface area contributed by atoms with Gasteiger partial charge in [-0.3, -0.25) is 4.79 Å². The molecule has 3 rings (SSSR count). The zero-order valence-electron chi connectivity index (χ0n) is 12.9. The van der Waals surface area contributed by atoms with Crippen LogP contribution in [0.3, 0.4) is 0 Å². The monoisotopic (exact) mass is 351 g/mol.